The molecular weight excluding hydrogens is 430 g/mol. The maximum absolute atomic E-state index is 13.2. The van der Waals surface area contributed by atoms with Crippen molar-refractivity contribution < 1.29 is 27.8 Å². The lowest BCUT2D eigenvalue weighted by Gasteiger charge is -2.10. The summed E-state index contributed by atoms with van der Waals surface area (Å²) >= 11 is 6.18. The standard InChI is InChI=1S/C20H13ClF2N2O4.C2H6/c1-27-15-5-3-2-4-12(15)19(26)25-18-7-6-11(10-24-18)13-8-16-17(9-14(13)21)29-20(22,23)28-16;1-2/h2-10H,1H3,(H,24,25,26);1-2H3. The molecular formula is C22H19ClF2N2O4. The monoisotopic (exact) mass is 448 g/mol. The SMILES string of the molecule is CC.COc1ccccc1C(=O)Nc1ccc(-c2cc3c(cc2Cl)OC(F)(F)O3)cn1. The predicted octanol–water partition coefficient (Wildman–Crippen LogP) is 6.01. The second-order valence-corrected chi connectivity index (χ2v) is 6.44. The number of ether oxygens (including phenoxy) is 3. The highest BCUT2D eigenvalue weighted by Crippen LogP contribution is 2.46. The highest BCUT2D eigenvalue weighted by atomic mass is 35.5. The van der Waals surface area contributed by atoms with Crippen LogP contribution in [0.3, 0.4) is 0 Å². The average Bonchev–Trinajstić information content (AvgIpc) is 3.07. The molecule has 1 aliphatic rings. The number of alkyl halides is 2. The number of amides is 1. The molecule has 0 saturated carbocycles. The van der Waals surface area contributed by atoms with Crippen LogP contribution in [0.15, 0.2) is 54.7 Å². The second kappa shape index (κ2) is 9.18. The number of aromatic nitrogens is 1. The van der Waals surface area contributed by atoms with Crippen LogP contribution in [0.4, 0.5) is 14.6 Å². The van der Waals surface area contributed by atoms with Crippen molar-refractivity contribution in [2.45, 2.75) is 20.1 Å². The van der Waals surface area contributed by atoms with E-state index in [9.17, 15) is 13.6 Å². The molecule has 1 aliphatic heterocycles. The number of para-hydroxylation sites is 1. The van der Waals surface area contributed by atoms with Gasteiger partial charge in [-0.05, 0) is 30.3 Å². The van der Waals surface area contributed by atoms with E-state index in [0.717, 1.165) is 0 Å². The fourth-order valence-electron chi connectivity index (χ4n) is 2.84. The molecule has 162 valence electrons. The molecule has 1 amide bonds. The summed E-state index contributed by atoms with van der Waals surface area (Å²) in [4.78, 5) is 16.6. The van der Waals surface area contributed by atoms with Gasteiger partial charge in [-0.3, -0.25) is 4.79 Å². The van der Waals surface area contributed by atoms with Crippen molar-refractivity contribution in [3.8, 4) is 28.4 Å². The van der Waals surface area contributed by atoms with Gasteiger partial charge in [0.2, 0.25) is 0 Å². The Balaban J connectivity index is 0.00000132. The molecule has 2 aromatic carbocycles. The van der Waals surface area contributed by atoms with E-state index in [-0.39, 0.29) is 22.4 Å². The molecule has 0 bridgehead atoms. The second-order valence-electron chi connectivity index (χ2n) is 6.03. The molecule has 0 spiro atoms. The molecule has 0 aliphatic carbocycles. The third-order valence-electron chi connectivity index (χ3n) is 4.16. The quantitative estimate of drug-likeness (QED) is 0.529. The molecule has 1 aromatic heterocycles. The van der Waals surface area contributed by atoms with Gasteiger partial charge in [0, 0.05) is 23.4 Å². The summed E-state index contributed by atoms with van der Waals surface area (Å²) in [6.07, 6.45) is -2.27. The van der Waals surface area contributed by atoms with Crippen molar-refractivity contribution >= 4 is 23.3 Å². The molecule has 1 N–H and O–H groups in total. The molecule has 0 saturated heterocycles. The van der Waals surface area contributed by atoms with Crippen molar-refractivity contribution in [3.05, 3.63) is 65.3 Å². The Labute approximate surface area is 182 Å². The number of anilines is 1. The molecule has 3 aromatic rings. The lowest BCUT2D eigenvalue weighted by molar-refractivity contribution is -0.286. The van der Waals surface area contributed by atoms with Gasteiger partial charge in [0.1, 0.15) is 11.6 Å². The molecule has 6 nitrogen and oxygen atoms in total. The number of halogens is 3. The van der Waals surface area contributed by atoms with Crippen LogP contribution in [0.2, 0.25) is 5.02 Å². The van der Waals surface area contributed by atoms with Gasteiger partial charge in [-0.1, -0.05) is 37.6 Å². The molecule has 9 heteroatoms. The number of methoxy groups -OCH3 is 1. The van der Waals surface area contributed by atoms with Crippen LogP contribution in [-0.2, 0) is 0 Å². The first-order valence-corrected chi connectivity index (χ1v) is 9.74. The highest BCUT2D eigenvalue weighted by molar-refractivity contribution is 6.33. The number of benzene rings is 2. The fourth-order valence-corrected chi connectivity index (χ4v) is 3.10. The van der Waals surface area contributed by atoms with Crippen LogP contribution < -0.4 is 19.5 Å². The molecule has 0 radical (unpaired) electrons. The van der Waals surface area contributed by atoms with Crippen LogP contribution in [0.5, 0.6) is 17.2 Å². The number of fused-ring (bicyclic) bond motifs is 1. The minimum absolute atomic E-state index is 0.122. The van der Waals surface area contributed by atoms with E-state index in [1.54, 1.807) is 36.4 Å². The van der Waals surface area contributed by atoms with Gasteiger partial charge in [0.05, 0.1) is 17.7 Å². The van der Waals surface area contributed by atoms with Crippen molar-refractivity contribution in [1.82, 2.24) is 4.98 Å². The van der Waals surface area contributed by atoms with Gasteiger partial charge >= 0.3 is 6.29 Å². The Hall–Kier alpha value is -3.39. The number of carbonyl (C=O) groups excluding carboxylic acids is 1. The Kier molecular flexibility index (Phi) is 6.60. The molecule has 0 atom stereocenters. The Bertz CT molecular complexity index is 1090. The zero-order chi connectivity index (χ0) is 22.6. The average molecular weight is 449 g/mol. The first-order chi connectivity index (χ1) is 14.9. The summed E-state index contributed by atoms with van der Waals surface area (Å²) in [6.45, 7) is 4.00. The van der Waals surface area contributed by atoms with Crippen molar-refractivity contribution in [2.24, 2.45) is 0 Å². The summed E-state index contributed by atoms with van der Waals surface area (Å²) in [5.41, 5.74) is 1.34. The zero-order valence-electron chi connectivity index (χ0n) is 16.9. The summed E-state index contributed by atoms with van der Waals surface area (Å²) in [6, 6.07) is 12.6. The van der Waals surface area contributed by atoms with Crippen molar-refractivity contribution in [2.75, 3.05) is 12.4 Å². The lowest BCUT2D eigenvalue weighted by atomic mass is 10.1. The van der Waals surface area contributed by atoms with Gasteiger partial charge in [-0.2, -0.15) is 0 Å². The van der Waals surface area contributed by atoms with Crippen molar-refractivity contribution in [3.63, 3.8) is 0 Å². The van der Waals surface area contributed by atoms with Crippen molar-refractivity contribution in [1.29, 1.82) is 0 Å². The van der Waals surface area contributed by atoms with E-state index in [1.165, 1.54) is 25.4 Å². The van der Waals surface area contributed by atoms with Crippen LogP contribution in [0.1, 0.15) is 24.2 Å². The maximum atomic E-state index is 13.2. The van der Waals surface area contributed by atoms with E-state index in [4.69, 9.17) is 16.3 Å². The van der Waals surface area contributed by atoms with Gasteiger partial charge in [0.25, 0.3) is 5.91 Å². The third-order valence-corrected chi connectivity index (χ3v) is 4.47. The molecule has 31 heavy (non-hydrogen) atoms. The number of hydrogen-bond acceptors (Lipinski definition) is 5. The van der Waals surface area contributed by atoms with E-state index in [1.807, 2.05) is 13.8 Å². The zero-order valence-corrected chi connectivity index (χ0v) is 17.7. The number of carbonyl (C=O) groups is 1. The van der Waals surface area contributed by atoms with E-state index in [0.29, 0.717) is 28.3 Å². The van der Waals surface area contributed by atoms with Gasteiger partial charge in [-0.15, -0.1) is 8.78 Å². The maximum Gasteiger partial charge on any atom is 0.586 e. The Morgan fingerprint density at radius 3 is 2.42 bits per heavy atom. The number of nitrogens with one attached hydrogen (secondary N) is 1. The summed E-state index contributed by atoms with van der Waals surface area (Å²) in [5, 5.41) is 2.86. The fraction of sp³-hybridized carbons (Fsp3) is 0.182. The van der Waals surface area contributed by atoms with Crippen LogP contribution >= 0.6 is 11.6 Å². The Morgan fingerprint density at radius 1 is 1.10 bits per heavy atom. The summed E-state index contributed by atoms with van der Waals surface area (Å²) in [7, 11) is 1.48. The highest BCUT2D eigenvalue weighted by Gasteiger charge is 2.43. The largest absolute Gasteiger partial charge is 0.586 e. The number of hydrogen-bond donors (Lipinski definition) is 1. The van der Waals surface area contributed by atoms with Crippen LogP contribution in [0.25, 0.3) is 11.1 Å². The van der Waals surface area contributed by atoms with Gasteiger partial charge < -0.3 is 19.5 Å². The first kappa shape index (κ1) is 22.3. The lowest BCUT2D eigenvalue weighted by Crippen LogP contribution is -2.25. The van der Waals surface area contributed by atoms with Gasteiger partial charge in [0.15, 0.2) is 11.5 Å². The Morgan fingerprint density at radius 2 is 1.77 bits per heavy atom. The number of rotatable bonds is 4. The summed E-state index contributed by atoms with van der Waals surface area (Å²) < 4.78 is 40.5. The minimum atomic E-state index is -3.73. The normalized spacial score (nSPS) is 13.1. The van der Waals surface area contributed by atoms with Crippen LogP contribution in [0, 0.1) is 0 Å². The van der Waals surface area contributed by atoms with E-state index < -0.39 is 6.29 Å². The predicted molar refractivity (Wildman–Crippen MR) is 113 cm³/mol. The number of nitrogens with zero attached hydrogens (tertiary/aromatic N) is 1. The topological polar surface area (TPSA) is 69.7 Å². The third kappa shape index (κ3) is 4.86. The van der Waals surface area contributed by atoms with E-state index >= 15 is 0 Å². The summed E-state index contributed by atoms with van der Waals surface area (Å²) in [5.74, 6) is 0.0880. The molecule has 0 unspecified atom stereocenters. The molecule has 4 rings (SSSR count). The molecule has 0 fully saturated rings. The van der Waals surface area contributed by atoms with Gasteiger partial charge in [-0.25, -0.2) is 4.98 Å². The minimum Gasteiger partial charge on any atom is -0.496 e. The molecule has 2 heterocycles. The van der Waals surface area contributed by atoms with E-state index in [2.05, 4.69) is 19.8 Å². The van der Waals surface area contributed by atoms with Crippen LogP contribution in [-0.4, -0.2) is 24.3 Å². The first-order valence-electron chi connectivity index (χ1n) is 9.36. The smallest absolute Gasteiger partial charge is 0.496 e. The number of pyridine rings is 1.